The van der Waals surface area contributed by atoms with Gasteiger partial charge < -0.3 is 10.4 Å². The van der Waals surface area contributed by atoms with Crippen LogP contribution in [0.15, 0.2) is 29.8 Å². The number of anilines is 1. The first-order valence-corrected chi connectivity index (χ1v) is 6.51. The van der Waals surface area contributed by atoms with Crippen LogP contribution in [0.3, 0.4) is 0 Å². The lowest BCUT2D eigenvalue weighted by molar-refractivity contribution is 0.0697. The van der Waals surface area contributed by atoms with Gasteiger partial charge in [0.2, 0.25) is 0 Å². The first kappa shape index (κ1) is 12.6. The van der Waals surface area contributed by atoms with Crippen molar-refractivity contribution in [3.63, 3.8) is 0 Å². The summed E-state index contributed by atoms with van der Waals surface area (Å²) in [5.74, 6) is -0.502. The summed E-state index contributed by atoms with van der Waals surface area (Å²) in [6.45, 7) is 2.45. The molecule has 0 amide bonds. The fourth-order valence-electron chi connectivity index (χ4n) is 1.72. The van der Waals surface area contributed by atoms with E-state index in [0.717, 1.165) is 12.0 Å². The summed E-state index contributed by atoms with van der Waals surface area (Å²) in [5, 5.41) is 14.3. The highest BCUT2D eigenvalue weighted by Gasteiger charge is 2.13. The van der Waals surface area contributed by atoms with Crippen molar-refractivity contribution < 1.29 is 9.90 Å². The summed E-state index contributed by atoms with van der Waals surface area (Å²) in [6, 6.07) is 5.77. The first-order chi connectivity index (χ1) is 8.68. The maximum atomic E-state index is 11.2. The third kappa shape index (κ3) is 2.87. The number of nitrogens with one attached hydrogen (secondary N) is 1. The van der Waals surface area contributed by atoms with Crippen molar-refractivity contribution in [1.82, 2.24) is 4.98 Å². The third-order valence-corrected chi connectivity index (χ3v) is 3.55. The number of aromatic nitrogens is 1. The average Bonchev–Trinajstić information content (AvgIpc) is 2.81. The van der Waals surface area contributed by atoms with Crippen molar-refractivity contribution in [2.75, 3.05) is 11.9 Å². The van der Waals surface area contributed by atoms with Crippen LogP contribution < -0.4 is 5.32 Å². The number of carboxylic acids is 1. The molecule has 0 aliphatic rings. The lowest BCUT2D eigenvalue weighted by Crippen LogP contribution is -2.12. The van der Waals surface area contributed by atoms with Crippen LogP contribution in [0.5, 0.6) is 0 Å². The quantitative estimate of drug-likeness (QED) is 0.869. The molecule has 2 N–H and O–H groups in total. The smallest absolute Gasteiger partial charge is 0.339 e. The number of aromatic carboxylic acids is 1. The van der Waals surface area contributed by atoms with E-state index in [1.807, 2.05) is 11.4 Å². The summed E-state index contributed by atoms with van der Waals surface area (Å²) in [5.41, 5.74) is 0.972. The monoisotopic (exact) mass is 262 g/mol. The number of carbonyl (C=O) groups is 1. The molecule has 0 aliphatic heterocycles. The highest BCUT2D eigenvalue weighted by atomic mass is 32.1. The van der Waals surface area contributed by atoms with E-state index in [-0.39, 0.29) is 5.56 Å². The van der Waals surface area contributed by atoms with Gasteiger partial charge in [0.05, 0.1) is 0 Å². The molecule has 0 aliphatic carbocycles. The molecular formula is C13H14N2O2S. The molecule has 0 spiro atoms. The molecular weight excluding hydrogens is 248 g/mol. The summed E-state index contributed by atoms with van der Waals surface area (Å²) < 4.78 is 0. The van der Waals surface area contributed by atoms with Crippen LogP contribution in [-0.2, 0) is 6.42 Å². The highest BCUT2D eigenvalue weighted by molar-refractivity contribution is 7.09. The number of hydrogen-bond donors (Lipinski definition) is 2. The van der Waals surface area contributed by atoms with Crippen LogP contribution in [0.1, 0.15) is 20.8 Å². The van der Waals surface area contributed by atoms with E-state index in [4.69, 9.17) is 5.11 Å². The zero-order valence-corrected chi connectivity index (χ0v) is 10.8. The minimum Gasteiger partial charge on any atom is -0.478 e. The van der Waals surface area contributed by atoms with E-state index in [1.165, 1.54) is 4.88 Å². The van der Waals surface area contributed by atoms with Crippen molar-refractivity contribution in [2.45, 2.75) is 13.3 Å². The zero-order chi connectivity index (χ0) is 13.0. The molecule has 0 atom stereocenters. The number of carboxylic acid groups (broad SMARTS) is 1. The average molecular weight is 262 g/mol. The molecule has 5 heteroatoms. The van der Waals surface area contributed by atoms with Gasteiger partial charge in [-0.1, -0.05) is 6.07 Å². The van der Waals surface area contributed by atoms with Crippen LogP contribution in [0.2, 0.25) is 0 Å². The lowest BCUT2D eigenvalue weighted by atomic mass is 10.1. The van der Waals surface area contributed by atoms with E-state index in [1.54, 1.807) is 30.5 Å². The first-order valence-electron chi connectivity index (χ1n) is 5.63. The van der Waals surface area contributed by atoms with Gasteiger partial charge in [0.1, 0.15) is 11.4 Å². The highest BCUT2D eigenvalue weighted by Crippen LogP contribution is 2.17. The Morgan fingerprint density at radius 2 is 2.33 bits per heavy atom. The van der Waals surface area contributed by atoms with Gasteiger partial charge in [-0.05, 0) is 36.4 Å². The van der Waals surface area contributed by atoms with Crippen LogP contribution in [0.25, 0.3) is 0 Å². The third-order valence-electron chi connectivity index (χ3n) is 2.62. The molecule has 2 aromatic rings. The molecule has 0 aromatic carbocycles. The van der Waals surface area contributed by atoms with Gasteiger partial charge in [0.25, 0.3) is 0 Å². The second kappa shape index (κ2) is 5.64. The molecule has 2 heterocycles. The minimum absolute atomic E-state index is 0.253. The molecule has 2 rings (SSSR count). The Balaban J connectivity index is 2.05. The Morgan fingerprint density at radius 3 is 3.00 bits per heavy atom. The minimum atomic E-state index is -0.945. The summed E-state index contributed by atoms with van der Waals surface area (Å²) >= 11 is 1.69. The largest absolute Gasteiger partial charge is 0.478 e. The molecule has 94 valence electrons. The predicted octanol–water partition coefficient (Wildman–Crippen LogP) is 2.80. The van der Waals surface area contributed by atoms with E-state index in [0.29, 0.717) is 12.4 Å². The van der Waals surface area contributed by atoms with Gasteiger partial charge in [-0.25, -0.2) is 9.78 Å². The van der Waals surface area contributed by atoms with Crippen molar-refractivity contribution in [3.8, 4) is 0 Å². The van der Waals surface area contributed by atoms with Crippen molar-refractivity contribution in [3.05, 3.63) is 45.8 Å². The van der Waals surface area contributed by atoms with Gasteiger partial charge in [-0.2, -0.15) is 0 Å². The Morgan fingerprint density at radius 1 is 1.50 bits per heavy atom. The second-order valence-electron chi connectivity index (χ2n) is 3.91. The number of hydrogen-bond acceptors (Lipinski definition) is 4. The molecule has 0 unspecified atom stereocenters. The van der Waals surface area contributed by atoms with E-state index >= 15 is 0 Å². The van der Waals surface area contributed by atoms with Crippen LogP contribution >= 0.6 is 11.3 Å². The number of aryl methyl sites for hydroxylation is 1. The fourth-order valence-corrected chi connectivity index (χ4v) is 2.43. The fraction of sp³-hybridized carbons (Fsp3) is 0.231. The number of nitrogens with zero attached hydrogens (tertiary/aromatic N) is 1. The molecule has 0 radical (unpaired) electrons. The maximum Gasteiger partial charge on any atom is 0.339 e. The van der Waals surface area contributed by atoms with Gasteiger partial charge in [-0.15, -0.1) is 11.3 Å². The van der Waals surface area contributed by atoms with Crippen molar-refractivity contribution in [1.29, 1.82) is 0 Å². The topological polar surface area (TPSA) is 62.2 Å². The van der Waals surface area contributed by atoms with Crippen LogP contribution in [0.4, 0.5) is 5.82 Å². The van der Waals surface area contributed by atoms with Crippen LogP contribution in [0, 0.1) is 6.92 Å². The molecule has 0 fully saturated rings. The summed E-state index contributed by atoms with van der Waals surface area (Å²) in [6.07, 6.45) is 2.49. The SMILES string of the molecule is Cc1ccnc(NCCc2cccs2)c1C(=O)O. The van der Waals surface area contributed by atoms with Gasteiger partial charge in [0.15, 0.2) is 0 Å². The number of pyridine rings is 1. The maximum absolute atomic E-state index is 11.2. The second-order valence-corrected chi connectivity index (χ2v) is 4.94. The molecule has 0 bridgehead atoms. The molecule has 0 saturated heterocycles. The summed E-state index contributed by atoms with van der Waals surface area (Å²) in [7, 11) is 0. The Kier molecular flexibility index (Phi) is 3.94. The van der Waals surface area contributed by atoms with E-state index in [9.17, 15) is 4.79 Å². The molecule has 0 saturated carbocycles. The van der Waals surface area contributed by atoms with Gasteiger partial charge >= 0.3 is 5.97 Å². The normalized spacial score (nSPS) is 10.3. The summed E-state index contributed by atoms with van der Waals surface area (Å²) in [4.78, 5) is 16.5. The predicted molar refractivity (Wildman–Crippen MR) is 72.4 cm³/mol. The standard InChI is InChI=1S/C13H14N2O2S/c1-9-4-6-14-12(11(9)13(16)17)15-7-5-10-3-2-8-18-10/h2-4,6,8H,5,7H2,1H3,(H,14,15)(H,16,17). The van der Waals surface area contributed by atoms with Crippen molar-refractivity contribution in [2.24, 2.45) is 0 Å². The molecule has 4 nitrogen and oxygen atoms in total. The number of rotatable bonds is 5. The van der Waals surface area contributed by atoms with Gasteiger partial charge in [-0.3, -0.25) is 0 Å². The zero-order valence-electron chi connectivity index (χ0n) is 10.0. The molecule has 2 aromatic heterocycles. The van der Waals surface area contributed by atoms with E-state index in [2.05, 4.69) is 16.4 Å². The van der Waals surface area contributed by atoms with Gasteiger partial charge in [0, 0.05) is 17.6 Å². The molecule has 18 heavy (non-hydrogen) atoms. The number of thiophene rings is 1. The van der Waals surface area contributed by atoms with Crippen LogP contribution in [-0.4, -0.2) is 22.6 Å². The van der Waals surface area contributed by atoms with E-state index < -0.39 is 5.97 Å². The lowest BCUT2D eigenvalue weighted by Gasteiger charge is -2.09. The Labute approximate surface area is 109 Å². The van der Waals surface area contributed by atoms with Crippen molar-refractivity contribution >= 4 is 23.1 Å². The Hall–Kier alpha value is -1.88. The Bertz CT molecular complexity index is 538.